The van der Waals surface area contributed by atoms with Crippen LogP contribution in [0.2, 0.25) is 0 Å². The second-order valence-corrected chi connectivity index (χ2v) is 5.70. The molecular formula is C18H20N4O. The van der Waals surface area contributed by atoms with Gasteiger partial charge in [-0.05, 0) is 36.4 Å². The maximum absolute atomic E-state index is 12.2. The number of rotatable bonds is 3. The van der Waals surface area contributed by atoms with E-state index in [4.69, 9.17) is 0 Å². The maximum atomic E-state index is 12.2. The van der Waals surface area contributed by atoms with Crippen molar-refractivity contribution in [3.05, 3.63) is 65.5 Å². The topological polar surface area (TPSA) is 57.3 Å². The van der Waals surface area contributed by atoms with Crippen LogP contribution in [0.3, 0.4) is 0 Å². The van der Waals surface area contributed by atoms with E-state index in [1.165, 1.54) is 5.56 Å². The van der Waals surface area contributed by atoms with Gasteiger partial charge in [-0.25, -0.2) is 4.98 Å². The molecule has 3 rings (SSSR count). The van der Waals surface area contributed by atoms with E-state index in [2.05, 4.69) is 27.8 Å². The highest BCUT2D eigenvalue weighted by Crippen LogP contribution is 2.22. The van der Waals surface area contributed by atoms with Crippen molar-refractivity contribution in [3.63, 3.8) is 0 Å². The molecule has 1 aromatic rings. The highest BCUT2D eigenvalue weighted by Gasteiger charge is 2.12. The number of nitrogens with zero attached hydrogens (tertiary/aromatic N) is 2. The minimum absolute atomic E-state index is 0.0129. The van der Waals surface area contributed by atoms with Gasteiger partial charge in [-0.1, -0.05) is 24.3 Å². The highest BCUT2D eigenvalue weighted by atomic mass is 16.2. The first kappa shape index (κ1) is 15.1. The largest absolute Gasteiger partial charge is 0.347 e. The number of carbonyl (C=O) groups is 1. The molecule has 0 spiro atoms. The van der Waals surface area contributed by atoms with Crippen LogP contribution in [-0.4, -0.2) is 29.9 Å². The number of amides is 1. The summed E-state index contributed by atoms with van der Waals surface area (Å²) in [6.07, 6.45) is 13.3. The molecule has 1 aliphatic carbocycles. The molecule has 0 fully saturated rings. The minimum atomic E-state index is -0.0129. The molecule has 2 N–H and O–H groups in total. The molecule has 5 nitrogen and oxygen atoms in total. The quantitative estimate of drug-likeness (QED) is 0.901. The summed E-state index contributed by atoms with van der Waals surface area (Å²) in [4.78, 5) is 18.3. The van der Waals surface area contributed by atoms with Crippen LogP contribution in [0.5, 0.6) is 0 Å². The van der Waals surface area contributed by atoms with Crippen molar-refractivity contribution in [3.8, 4) is 0 Å². The molecule has 2 aliphatic rings. The molecule has 118 valence electrons. The standard InChI is InChI=1S/C18H20N4O/c1-22(2)18(23)14-6-3-4-8-15(12-14)20-16-10-9-13-7-5-11-19-17(13)21-16/h3-6,9-12H,7-8H2,1-2H3,(H2,19,20,21). The predicted molar refractivity (Wildman–Crippen MR) is 92.9 cm³/mol. The molecule has 0 unspecified atom stereocenters. The van der Waals surface area contributed by atoms with Crippen LogP contribution in [0.4, 0.5) is 11.6 Å². The van der Waals surface area contributed by atoms with E-state index < -0.39 is 0 Å². The maximum Gasteiger partial charge on any atom is 0.253 e. The minimum Gasteiger partial charge on any atom is -0.347 e. The van der Waals surface area contributed by atoms with Gasteiger partial charge < -0.3 is 15.5 Å². The number of aromatic nitrogens is 1. The van der Waals surface area contributed by atoms with Crippen LogP contribution in [-0.2, 0) is 11.2 Å². The van der Waals surface area contributed by atoms with Gasteiger partial charge in [0.2, 0.25) is 0 Å². The number of hydrogen-bond acceptors (Lipinski definition) is 4. The van der Waals surface area contributed by atoms with Crippen molar-refractivity contribution in [2.45, 2.75) is 12.8 Å². The molecule has 0 radical (unpaired) electrons. The number of anilines is 2. The monoisotopic (exact) mass is 308 g/mol. The Morgan fingerprint density at radius 2 is 2.13 bits per heavy atom. The molecule has 0 atom stereocenters. The Kier molecular flexibility index (Phi) is 4.28. The third-order valence-corrected chi connectivity index (χ3v) is 3.68. The average Bonchev–Trinajstić information content (AvgIpc) is 2.79. The number of fused-ring (bicyclic) bond motifs is 1. The molecule has 5 heteroatoms. The van der Waals surface area contributed by atoms with E-state index in [0.29, 0.717) is 5.57 Å². The van der Waals surface area contributed by atoms with E-state index >= 15 is 0 Å². The SMILES string of the molecule is CN(C)C(=O)C1=CC=CCC(Nc2ccc3c(n2)NC=CC3)=C1. The molecule has 1 aliphatic heterocycles. The third kappa shape index (κ3) is 3.51. The average molecular weight is 308 g/mol. The van der Waals surface area contributed by atoms with Crippen molar-refractivity contribution < 1.29 is 4.79 Å². The summed E-state index contributed by atoms with van der Waals surface area (Å²) >= 11 is 0. The molecule has 0 saturated carbocycles. The van der Waals surface area contributed by atoms with Gasteiger partial charge >= 0.3 is 0 Å². The van der Waals surface area contributed by atoms with Gasteiger partial charge in [0.15, 0.2) is 0 Å². The first-order valence-corrected chi connectivity index (χ1v) is 7.61. The van der Waals surface area contributed by atoms with E-state index in [0.717, 1.165) is 30.2 Å². The lowest BCUT2D eigenvalue weighted by atomic mass is 10.1. The van der Waals surface area contributed by atoms with Crippen molar-refractivity contribution >= 4 is 17.5 Å². The molecule has 2 heterocycles. The lowest BCUT2D eigenvalue weighted by Crippen LogP contribution is -2.23. The Morgan fingerprint density at radius 1 is 1.26 bits per heavy atom. The second kappa shape index (κ2) is 6.52. The molecule has 0 aromatic carbocycles. The van der Waals surface area contributed by atoms with Crippen molar-refractivity contribution in [1.82, 2.24) is 9.88 Å². The fraction of sp³-hybridized carbons (Fsp3) is 0.222. The van der Waals surface area contributed by atoms with E-state index in [9.17, 15) is 4.79 Å². The number of carbonyl (C=O) groups excluding carboxylic acids is 1. The number of pyridine rings is 1. The van der Waals surface area contributed by atoms with E-state index in [-0.39, 0.29) is 5.91 Å². The normalized spacial score (nSPS) is 15.7. The van der Waals surface area contributed by atoms with Crippen molar-refractivity contribution in [2.24, 2.45) is 0 Å². The Morgan fingerprint density at radius 3 is 2.96 bits per heavy atom. The highest BCUT2D eigenvalue weighted by molar-refractivity contribution is 5.96. The van der Waals surface area contributed by atoms with Gasteiger partial charge in [0, 0.05) is 31.8 Å². The van der Waals surface area contributed by atoms with Gasteiger partial charge in [-0.15, -0.1) is 0 Å². The molecule has 1 aromatic heterocycles. The Hall–Kier alpha value is -2.82. The lowest BCUT2D eigenvalue weighted by molar-refractivity contribution is -0.124. The fourth-order valence-electron chi connectivity index (χ4n) is 2.48. The first-order chi connectivity index (χ1) is 11.1. The zero-order chi connectivity index (χ0) is 16.2. The lowest BCUT2D eigenvalue weighted by Gasteiger charge is -2.15. The third-order valence-electron chi connectivity index (χ3n) is 3.68. The fourth-order valence-corrected chi connectivity index (χ4v) is 2.48. The van der Waals surface area contributed by atoms with Gasteiger partial charge in [-0.2, -0.15) is 0 Å². The molecule has 0 saturated heterocycles. The molecule has 23 heavy (non-hydrogen) atoms. The number of hydrogen-bond donors (Lipinski definition) is 2. The zero-order valence-corrected chi connectivity index (χ0v) is 13.3. The predicted octanol–water partition coefficient (Wildman–Crippen LogP) is 2.83. The summed E-state index contributed by atoms with van der Waals surface area (Å²) in [6, 6.07) is 4.03. The van der Waals surface area contributed by atoms with Crippen LogP contribution in [0.1, 0.15) is 12.0 Å². The van der Waals surface area contributed by atoms with E-state index in [1.54, 1.807) is 19.0 Å². The van der Waals surface area contributed by atoms with Gasteiger partial charge in [0.1, 0.15) is 11.6 Å². The van der Waals surface area contributed by atoms with Crippen molar-refractivity contribution in [1.29, 1.82) is 0 Å². The van der Waals surface area contributed by atoms with Gasteiger partial charge in [0.05, 0.1) is 0 Å². The van der Waals surface area contributed by atoms with Crippen LogP contribution >= 0.6 is 0 Å². The summed E-state index contributed by atoms with van der Waals surface area (Å²) in [5, 5.41) is 6.48. The van der Waals surface area contributed by atoms with Crippen LogP contribution in [0.25, 0.3) is 0 Å². The van der Waals surface area contributed by atoms with Crippen molar-refractivity contribution in [2.75, 3.05) is 24.7 Å². The summed E-state index contributed by atoms with van der Waals surface area (Å²) in [6.45, 7) is 0. The molecule has 1 amide bonds. The zero-order valence-electron chi connectivity index (χ0n) is 13.3. The summed E-state index contributed by atoms with van der Waals surface area (Å²) in [5.74, 6) is 1.63. The second-order valence-electron chi connectivity index (χ2n) is 5.70. The first-order valence-electron chi connectivity index (χ1n) is 7.61. The van der Waals surface area contributed by atoms with Crippen LogP contribution in [0, 0.1) is 0 Å². The summed E-state index contributed by atoms with van der Waals surface area (Å²) in [5.41, 5.74) is 2.78. The van der Waals surface area contributed by atoms with Gasteiger partial charge in [-0.3, -0.25) is 4.79 Å². The van der Waals surface area contributed by atoms with Gasteiger partial charge in [0.25, 0.3) is 5.91 Å². The summed E-state index contributed by atoms with van der Waals surface area (Å²) in [7, 11) is 3.51. The molecular weight excluding hydrogens is 288 g/mol. The number of nitrogens with one attached hydrogen (secondary N) is 2. The summed E-state index contributed by atoms with van der Waals surface area (Å²) < 4.78 is 0. The number of likely N-dealkylation sites (N-methyl/N-ethyl adjacent to an activating group) is 1. The van der Waals surface area contributed by atoms with Crippen LogP contribution in [0.15, 0.2) is 60.0 Å². The molecule has 0 bridgehead atoms. The Bertz CT molecular complexity index is 741. The number of allylic oxidation sites excluding steroid dienone is 4. The Labute approximate surface area is 136 Å². The van der Waals surface area contributed by atoms with E-state index in [1.807, 2.05) is 36.6 Å². The Balaban J connectivity index is 1.81. The van der Waals surface area contributed by atoms with Crippen LogP contribution < -0.4 is 10.6 Å². The smallest absolute Gasteiger partial charge is 0.253 e.